The van der Waals surface area contributed by atoms with E-state index in [2.05, 4.69) is 4.90 Å². The van der Waals surface area contributed by atoms with Crippen LogP contribution in [-0.4, -0.2) is 24.0 Å². The minimum Gasteiger partial charge on any atom is -0.300 e. The van der Waals surface area contributed by atoms with Crippen LogP contribution in [0.3, 0.4) is 0 Å². The zero-order valence-electron chi connectivity index (χ0n) is 7.84. The van der Waals surface area contributed by atoms with E-state index in [0.29, 0.717) is 0 Å². The van der Waals surface area contributed by atoms with Crippen LogP contribution < -0.4 is 0 Å². The van der Waals surface area contributed by atoms with Crippen molar-refractivity contribution in [1.29, 1.82) is 0 Å². The average Bonchev–Trinajstić information content (AvgIpc) is 2.81. The molecule has 1 heteroatoms. The molecule has 12 heavy (non-hydrogen) atoms. The van der Waals surface area contributed by atoms with E-state index in [0.717, 1.165) is 17.9 Å². The topological polar surface area (TPSA) is 3.24 Å². The third kappa shape index (κ3) is 1.02. The Kier molecular flexibility index (Phi) is 1.68. The lowest BCUT2D eigenvalue weighted by Crippen LogP contribution is -2.36. The predicted octanol–water partition coefficient (Wildman–Crippen LogP) is 2.27. The summed E-state index contributed by atoms with van der Waals surface area (Å²) in [7, 11) is 0. The van der Waals surface area contributed by atoms with E-state index in [9.17, 15) is 0 Å². The minimum absolute atomic E-state index is 1.02. The Labute approximate surface area is 75.1 Å². The Morgan fingerprint density at radius 2 is 1.75 bits per heavy atom. The van der Waals surface area contributed by atoms with Crippen molar-refractivity contribution >= 4 is 0 Å². The fourth-order valence-corrected chi connectivity index (χ4v) is 3.73. The number of rotatable bonds is 1. The van der Waals surface area contributed by atoms with E-state index >= 15 is 0 Å². The average molecular weight is 165 g/mol. The van der Waals surface area contributed by atoms with Gasteiger partial charge in [-0.1, -0.05) is 6.42 Å². The summed E-state index contributed by atoms with van der Waals surface area (Å²) < 4.78 is 0. The van der Waals surface area contributed by atoms with Crippen molar-refractivity contribution < 1.29 is 0 Å². The zero-order valence-corrected chi connectivity index (χ0v) is 7.84. The van der Waals surface area contributed by atoms with Gasteiger partial charge >= 0.3 is 0 Å². The summed E-state index contributed by atoms with van der Waals surface area (Å²) in [6.45, 7) is 2.82. The van der Waals surface area contributed by atoms with Crippen molar-refractivity contribution in [2.75, 3.05) is 13.1 Å². The maximum Gasteiger partial charge on any atom is 0.0126 e. The van der Waals surface area contributed by atoms with Crippen LogP contribution in [0.2, 0.25) is 0 Å². The van der Waals surface area contributed by atoms with Gasteiger partial charge in [-0.25, -0.2) is 0 Å². The van der Waals surface area contributed by atoms with Crippen molar-refractivity contribution in [2.24, 2.45) is 11.8 Å². The van der Waals surface area contributed by atoms with E-state index in [1.807, 2.05) is 0 Å². The van der Waals surface area contributed by atoms with Crippen molar-refractivity contribution in [2.45, 2.75) is 44.6 Å². The highest BCUT2D eigenvalue weighted by Crippen LogP contribution is 2.47. The van der Waals surface area contributed by atoms with E-state index in [4.69, 9.17) is 0 Å². The molecule has 0 N–H and O–H groups in total. The van der Waals surface area contributed by atoms with Crippen LogP contribution in [0.4, 0.5) is 0 Å². The smallest absolute Gasteiger partial charge is 0.0126 e. The molecule has 3 atom stereocenters. The van der Waals surface area contributed by atoms with E-state index in [-0.39, 0.29) is 0 Å². The van der Waals surface area contributed by atoms with Gasteiger partial charge in [0.05, 0.1) is 0 Å². The Morgan fingerprint density at radius 3 is 2.33 bits per heavy atom. The molecule has 0 aromatic rings. The summed E-state index contributed by atoms with van der Waals surface area (Å²) in [5.41, 5.74) is 0. The number of hydrogen-bond acceptors (Lipinski definition) is 1. The molecule has 0 aromatic carbocycles. The summed E-state index contributed by atoms with van der Waals surface area (Å²) in [5.74, 6) is 2.23. The van der Waals surface area contributed by atoms with Gasteiger partial charge in [-0.3, -0.25) is 0 Å². The molecular weight excluding hydrogens is 146 g/mol. The molecule has 0 amide bonds. The normalized spacial score (nSPS) is 47.5. The van der Waals surface area contributed by atoms with Gasteiger partial charge in [-0.15, -0.1) is 0 Å². The molecule has 2 bridgehead atoms. The van der Waals surface area contributed by atoms with Crippen molar-refractivity contribution in [1.82, 2.24) is 4.90 Å². The highest BCUT2D eigenvalue weighted by molar-refractivity contribution is 4.96. The maximum atomic E-state index is 2.78. The molecule has 0 unspecified atom stereocenters. The predicted molar refractivity (Wildman–Crippen MR) is 50.0 cm³/mol. The molecule has 0 radical (unpaired) electrons. The number of fused-ring (bicyclic) bond motifs is 2. The Bertz CT molecular complexity index is 172. The summed E-state index contributed by atoms with van der Waals surface area (Å²) in [6.07, 6.45) is 9.15. The third-order valence-corrected chi connectivity index (χ3v) is 4.31. The molecule has 1 heterocycles. The van der Waals surface area contributed by atoms with Crippen LogP contribution in [0, 0.1) is 11.8 Å². The van der Waals surface area contributed by atoms with E-state index < -0.39 is 0 Å². The molecule has 3 rings (SSSR count). The Balaban J connectivity index is 1.69. The fraction of sp³-hybridized carbons (Fsp3) is 1.00. The molecule has 3 fully saturated rings. The van der Waals surface area contributed by atoms with Crippen LogP contribution in [0.1, 0.15) is 38.5 Å². The lowest BCUT2D eigenvalue weighted by molar-refractivity contribution is 0.175. The first kappa shape index (κ1) is 7.37. The fourth-order valence-electron chi connectivity index (χ4n) is 3.73. The third-order valence-electron chi connectivity index (χ3n) is 4.31. The molecule has 68 valence electrons. The first-order valence-corrected chi connectivity index (χ1v) is 5.67. The summed E-state index contributed by atoms with van der Waals surface area (Å²) in [4.78, 5) is 2.78. The van der Waals surface area contributed by atoms with Crippen LogP contribution in [0.25, 0.3) is 0 Å². The molecule has 2 saturated carbocycles. The molecular formula is C11H19N. The zero-order chi connectivity index (χ0) is 7.97. The van der Waals surface area contributed by atoms with Crippen molar-refractivity contribution in [3.8, 4) is 0 Å². The van der Waals surface area contributed by atoms with Gasteiger partial charge in [0.2, 0.25) is 0 Å². The van der Waals surface area contributed by atoms with Gasteiger partial charge in [-0.05, 0) is 57.0 Å². The summed E-state index contributed by atoms with van der Waals surface area (Å²) in [6, 6.07) is 1.02. The van der Waals surface area contributed by atoms with Gasteiger partial charge in [0.15, 0.2) is 0 Å². The second kappa shape index (κ2) is 2.73. The van der Waals surface area contributed by atoms with Gasteiger partial charge in [-0.2, -0.15) is 0 Å². The number of nitrogens with zero attached hydrogens (tertiary/aromatic N) is 1. The second-order valence-corrected chi connectivity index (χ2v) is 4.99. The Hall–Kier alpha value is -0.0400. The summed E-state index contributed by atoms with van der Waals surface area (Å²) >= 11 is 0. The van der Waals surface area contributed by atoms with E-state index in [1.54, 1.807) is 25.7 Å². The second-order valence-electron chi connectivity index (χ2n) is 4.99. The maximum absolute atomic E-state index is 2.78. The quantitative estimate of drug-likeness (QED) is 0.576. The molecule has 0 aromatic heterocycles. The van der Waals surface area contributed by atoms with Crippen LogP contribution in [0.5, 0.6) is 0 Å². The first-order chi connectivity index (χ1) is 5.93. The monoisotopic (exact) mass is 165 g/mol. The van der Waals surface area contributed by atoms with Crippen molar-refractivity contribution in [3.63, 3.8) is 0 Å². The molecule has 2 aliphatic carbocycles. The Morgan fingerprint density at radius 1 is 0.917 bits per heavy atom. The van der Waals surface area contributed by atoms with E-state index in [1.165, 1.54) is 25.9 Å². The van der Waals surface area contributed by atoms with Gasteiger partial charge in [0.1, 0.15) is 0 Å². The SMILES string of the molecule is C1CCN([C@H]2C[C@@H]3CC[C@H]2C3)C1. The first-order valence-electron chi connectivity index (χ1n) is 5.67. The highest BCUT2D eigenvalue weighted by Gasteiger charge is 2.42. The number of likely N-dealkylation sites (tertiary alicyclic amines) is 1. The highest BCUT2D eigenvalue weighted by atomic mass is 15.2. The molecule has 1 saturated heterocycles. The van der Waals surface area contributed by atoms with Crippen LogP contribution >= 0.6 is 0 Å². The summed E-state index contributed by atoms with van der Waals surface area (Å²) in [5, 5.41) is 0. The molecule has 1 nitrogen and oxygen atoms in total. The van der Waals surface area contributed by atoms with Gasteiger partial charge < -0.3 is 4.90 Å². The largest absolute Gasteiger partial charge is 0.300 e. The molecule has 0 spiro atoms. The van der Waals surface area contributed by atoms with Crippen molar-refractivity contribution in [3.05, 3.63) is 0 Å². The lowest BCUT2D eigenvalue weighted by atomic mass is 9.94. The van der Waals surface area contributed by atoms with Gasteiger partial charge in [0, 0.05) is 6.04 Å². The molecule has 1 aliphatic heterocycles. The van der Waals surface area contributed by atoms with Crippen LogP contribution in [0.15, 0.2) is 0 Å². The minimum atomic E-state index is 1.02. The lowest BCUT2D eigenvalue weighted by Gasteiger charge is -2.30. The number of hydrogen-bond donors (Lipinski definition) is 0. The standard InChI is InChI=1S/C11H19N/c1-2-6-12(5-1)11-8-9-3-4-10(11)7-9/h9-11H,1-8H2/t9-,10+,11+/m1/s1. The molecule has 3 aliphatic rings. The van der Waals surface area contributed by atoms with Gasteiger partial charge in [0.25, 0.3) is 0 Å². The van der Waals surface area contributed by atoms with Crippen LogP contribution in [-0.2, 0) is 0 Å².